The molecule has 1 aliphatic carbocycles. The number of aromatic nitrogens is 2. The largest absolute Gasteiger partial charge is 0.477 e. The zero-order valence-electron chi connectivity index (χ0n) is 21.6. The van der Waals surface area contributed by atoms with Gasteiger partial charge in [-0.3, -0.25) is 9.78 Å². The topological polar surface area (TPSA) is 102 Å². The van der Waals surface area contributed by atoms with Crippen LogP contribution in [0, 0.1) is 13.8 Å². The normalized spacial score (nSPS) is 12.9. The minimum Gasteiger partial charge on any atom is -0.477 e. The van der Waals surface area contributed by atoms with Gasteiger partial charge in [0.15, 0.2) is 0 Å². The molecule has 0 radical (unpaired) electrons. The van der Waals surface area contributed by atoms with E-state index in [4.69, 9.17) is 4.74 Å². The zero-order valence-corrected chi connectivity index (χ0v) is 21.6. The van der Waals surface area contributed by atoms with Crippen LogP contribution in [0.3, 0.4) is 0 Å². The van der Waals surface area contributed by atoms with Crippen molar-refractivity contribution < 1.29 is 19.4 Å². The number of aryl methyl sites for hydroxylation is 2. The fraction of sp³-hybridized carbons (Fsp3) is 0.267. The smallest absolute Gasteiger partial charge is 0.410 e. The lowest BCUT2D eigenvalue weighted by atomic mass is 9.96. The van der Waals surface area contributed by atoms with E-state index in [0.717, 1.165) is 51.9 Å². The molecular formula is C30H29N3O5. The number of carboxylic acids is 1. The van der Waals surface area contributed by atoms with Gasteiger partial charge in [-0.15, -0.1) is 0 Å². The van der Waals surface area contributed by atoms with Crippen LogP contribution in [0.25, 0.3) is 22.0 Å². The molecule has 0 atom stereocenters. The van der Waals surface area contributed by atoms with Gasteiger partial charge in [0.05, 0.1) is 17.8 Å². The molecule has 8 nitrogen and oxygen atoms in total. The summed E-state index contributed by atoms with van der Waals surface area (Å²) in [7, 11) is 1.68. The van der Waals surface area contributed by atoms with Crippen LogP contribution in [0.15, 0.2) is 65.7 Å². The Morgan fingerprint density at radius 1 is 1.13 bits per heavy atom. The molecule has 194 valence electrons. The number of nitrogens with zero attached hydrogens (tertiary/aromatic N) is 3. The number of hydrogen-bond acceptors (Lipinski definition) is 5. The molecule has 2 aromatic heterocycles. The van der Waals surface area contributed by atoms with Crippen molar-refractivity contribution in [1.82, 2.24) is 14.5 Å². The molecule has 0 aliphatic heterocycles. The second-order valence-corrected chi connectivity index (χ2v) is 9.83. The summed E-state index contributed by atoms with van der Waals surface area (Å²) in [5.41, 5.74) is 5.41. The van der Waals surface area contributed by atoms with E-state index < -0.39 is 17.5 Å². The first-order valence-electron chi connectivity index (χ1n) is 12.5. The van der Waals surface area contributed by atoms with Gasteiger partial charge in [0.25, 0.3) is 0 Å². The molecule has 0 unspecified atom stereocenters. The fourth-order valence-electron chi connectivity index (χ4n) is 4.76. The Morgan fingerprint density at radius 3 is 2.53 bits per heavy atom. The highest BCUT2D eigenvalue weighted by molar-refractivity contribution is 5.95. The first-order chi connectivity index (χ1) is 18.2. The zero-order chi connectivity index (χ0) is 27.0. The monoisotopic (exact) mass is 511 g/mol. The molecule has 0 saturated heterocycles. The lowest BCUT2D eigenvalue weighted by molar-refractivity contribution is 0.0694. The molecule has 1 aliphatic rings. The summed E-state index contributed by atoms with van der Waals surface area (Å²) in [6, 6.07) is 15.3. The van der Waals surface area contributed by atoms with E-state index in [0.29, 0.717) is 11.9 Å². The molecule has 8 heteroatoms. The SMILES string of the molecule is Cc1cc(-c2ccc3c(=O)c(C(=O)O)cn(C4CC4)c3c2C)cnc1CN(C)C(=O)OCc1ccccc1. The van der Waals surface area contributed by atoms with E-state index >= 15 is 0 Å². The number of pyridine rings is 2. The average molecular weight is 512 g/mol. The predicted octanol–water partition coefficient (Wildman–Crippen LogP) is 5.48. The van der Waals surface area contributed by atoms with Crippen LogP contribution in [0.2, 0.25) is 0 Å². The van der Waals surface area contributed by atoms with Gasteiger partial charge in [-0.05, 0) is 61.1 Å². The highest BCUT2D eigenvalue weighted by Gasteiger charge is 2.28. The predicted molar refractivity (Wildman–Crippen MR) is 144 cm³/mol. The summed E-state index contributed by atoms with van der Waals surface area (Å²) in [6.45, 7) is 4.41. The molecule has 1 N–H and O–H groups in total. The van der Waals surface area contributed by atoms with Crippen molar-refractivity contribution in [3.8, 4) is 11.1 Å². The van der Waals surface area contributed by atoms with Crippen molar-refractivity contribution in [2.45, 2.75) is 45.9 Å². The van der Waals surface area contributed by atoms with Crippen molar-refractivity contribution in [3.63, 3.8) is 0 Å². The van der Waals surface area contributed by atoms with Crippen molar-refractivity contribution in [3.05, 3.63) is 99.1 Å². The summed E-state index contributed by atoms with van der Waals surface area (Å²) in [5, 5.41) is 9.95. The van der Waals surface area contributed by atoms with Gasteiger partial charge in [0.1, 0.15) is 12.2 Å². The molecule has 1 amide bonds. The van der Waals surface area contributed by atoms with Crippen LogP contribution in [0.4, 0.5) is 4.79 Å². The number of amides is 1. The van der Waals surface area contributed by atoms with E-state index in [2.05, 4.69) is 4.98 Å². The Morgan fingerprint density at radius 2 is 1.87 bits per heavy atom. The fourth-order valence-corrected chi connectivity index (χ4v) is 4.76. The number of aromatic carboxylic acids is 1. The summed E-state index contributed by atoms with van der Waals surface area (Å²) >= 11 is 0. The van der Waals surface area contributed by atoms with Gasteiger partial charge in [0.2, 0.25) is 5.43 Å². The number of carbonyl (C=O) groups is 2. The number of rotatable bonds is 7. The van der Waals surface area contributed by atoms with Crippen LogP contribution >= 0.6 is 0 Å². The maximum Gasteiger partial charge on any atom is 0.410 e. The standard InChI is InChI=1S/C30H29N3O5/c1-18-13-21(14-31-26(18)16-32(3)30(37)38-17-20-7-5-4-6-8-20)23-11-12-24-27(19(23)2)33(22-9-10-22)15-25(28(24)34)29(35)36/h4-8,11-15,22H,9-10,16-17H2,1-3H3,(H,35,36). The van der Waals surface area contributed by atoms with Crippen LogP contribution in [-0.2, 0) is 17.9 Å². The maximum absolute atomic E-state index is 12.9. The Balaban J connectivity index is 1.40. The molecule has 0 spiro atoms. The Hall–Kier alpha value is -4.46. The molecule has 5 rings (SSSR count). The molecular weight excluding hydrogens is 482 g/mol. The summed E-state index contributed by atoms with van der Waals surface area (Å²) in [6.07, 6.45) is 4.74. The lowest BCUT2D eigenvalue weighted by Crippen LogP contribution is -2.27. The Labute approximate surface area is 220 Å². The van der Waals surface area contributed by atoms with Crippen molar-refractivity contribution in [1.29, 1.82) is 0 Å². The molecule has 4 aromatic rings. The number of ether oxygens (including phenoxy) is 1. The molecule has 0 bridgehead atoms. The van der Waals surface area contributed by atoms with Gasteiger partial charge < -0.3 is 19.3 Å². The van der Waals surface area contributed by atoms with Gasteiger partial charge in [-0.25, -0.2) is 9.59 Å². The van der Waals surface area contributed by atoms with Gasteiger partial charge in [-0.2, -0.15) is 0 Å². The third-order valence-corrected chi connectivity index (χ3v) is 7.02. The number of fused-ring (bicyclic) bond motifs is 1. The maximum atomic E-state index is 12.9. The average Bonchev–Trinajstić information content (AvgIpc) is 3.75. The minimum atomic E-state index is -1.21. The first-order valence-corrected chi connectivity index (χ1v) is 12.5. The number of benzene rings is 2. The quantitative estimate of drug-likeness (QED) is 0.352. The molecule has 2 aromatic carbocycles. The van der Waals surface area contributed by atoms with E-state index in [1.807, 2.05) is 60.9 Å². The Kier molecular flexibility index (Phi) is 6.72. The second-order valence-electron chi connectivity index (χ2n) is 9.83. The van der Waals surface area contributed by atoms with E-state index in [-0.39, 0.29) is 18.2 Å². The van der Waals surface area contributed by atoms with Crippen molar-refractivity contribution in [2.24, 2.45) is 0 Å². The first kappa shape index (κ1) is 25.2. The van der Waals surface area contributed by atoms with Crippen molar-refractivity contribution >= 4 is 23.0 Å². The third kappa shape index (κ3) is 4.89. The van der Waals surface area contributed by atoms with Gasteiger partial charge >= 0.3 is 12.1 Å². The number of carboxylic acid groups (broad SMARTS) is 1. The molecule has 38 heavy (non-hydrogen) atoms. The van der Waals surface area contributed by atoms with Crippen LogP contribution in [0.1, 0.15) is 51.6 Å². The third-order valence-electron chi connectivity index (χ3n) is 7.02. The lowest BCUT2D eigenvalue weighted by Gasteiger charge is -2.19. The van der Waals surface area contributed by atoms with Crippen LogP contribution in [0.5, 0.6) is 0 Å². The highest BCUT2D eigenvalue weighted by Crippen LogP contribution is 2.39. The van der Waals surface area contributed by atoms with Gasteiger partial charge in [-0.1, -0.05) is 36.4 Å². The summed E-state index contributed by atoms with van der Waals surface area (Å²) in [4.78, 5) is 43.2. The molecule has 1 fully saturated rings. The summed E-state index contributed by atoms with van der Waals surface area (Å²) in [5.74, 6) is -1.21. The highest BCUT2D eigenvalue weighted by atomic mass is 16.6. The second kappa shape index (κ2) is 10.1. The molecule has 2 heterocycles. The molecule has 1 saturated carbocycles. The van der Waals surface area contributed by atoms with E-state index in [1.54, 1.807) is 19.3 Å². The van der Waals surface area contributed by atoms with E-state index in [9.17, 15) is 19.5 Å². The van der Waals surface area contributed by atoms with Crippen molar-refractivity contribution in [2.75, 3.05) is 7.05 Å². The van der Waals surface area contributed by atoms with Crippen LogP contribution < -0.4 is 5.43 Å². The van der Waals surface area contributed by atoms with Gasteiger partial charge in [0, 0.05) is 36.4 Å². The van der Waals surface area contributed by atoms with E-state index in [1.165, 1.54) is 11.1 Å². The van der Waals surface area contributed by atoms with Crippen LogP contribution in [-0.4, -0.2) is 38.7 Å². The number of hydrogen-bond donors (Lipinski definition) is 1. The minimum absolute atomic E-state index is 0.199. The number of carbonyl (C=O) groups excluding carboxylic acids is 1. The Bertz CT molecular complexity index is 1610. The summed E-state index contributed by atoms with van der Waals surface area (Å²) < 4.78 is 7.36.